The molecule has 0 aromatic heterocycles. The van der Waals surface area contributed by atoms with Gasteiger partial charge in [0.25, 0.3) is 0 Å². The van der Waals surface area contributed by atoms with E-state index in [1.807, 2.05) is 60.7 Å². The van der Waals surface area contributed by atoms with Crippen LogP contribution in [0.1, 0.15) is 16.7 Å². The molecule has 5 nitrogen and oxygen atoms in total. The first kappa shape index (κ1) is 22.4. The first-order chi connectivity index (χ1) is 15.0. The molecule has 31 heavy (non-hydrogen) atoms. The maximum Gasteiger partial charge on any atom is 0.321 e. The second-order valence-electron chi connectivity index (χ2n) is 7.04. The quantitative estimate of drug-likeness (QED) is 0.374. The van der Waals surface area contributed by atoms with Crippen LogP contribution in [-0.2, 0) is 49.5 Å². The van der Waals surface area contributed by atoms with Crippen LogP contribution in [0.2, 0.25) is 0 Å². The lowest BCUT2D eigenvalue weighted by atomic mass is 9.99. The van der Waals surface area contributed by atoms with Crippen molar-refractivity contribution in [2.75, 3.05) is 6.26 Å². The Hall–Kier alpha value is -3.25. The third-order valence-electron chi connectivity index (χ3n) is 4.71. The van der Waals surface area contributed by atoms with Crippen molar-refractivity contribution >= 4 is 22.7 Å². The molecule has 1 atom stereocenters. The van der Waals surface area contributed by atoms with Crippen molar-refractivity contribution in [3.8, 4) is 0 Å². The Morgan fingerprint density at radius 2 is 1.16 bits per heavy atom. The van der Waals surface area contributed by atoms with Crippen molar-refractivity contribution in [3.63, 3.8) is 0 Å². The van der Waals surface area contributed by atoms with E-state index in [0.717, 1.165) is 16.7 Å². The Morgan fingerprint density at radius 1 is 0.710 bits per heavy atom. The summed E-state index contributed by atoms with van der Waals surface area (Å²) < 4.78 is 22.4. The molecule has 0 fully saturated rings. The summed E-state index contributed by atoms with van der Waals surface area (Å²) in [6, 6.07) is 25.5. The van der Waals surface area contributed by atoms with Gasteiger partial charge in [0.2, 0.25) is 0 Å². The largest absolute Gasteiger partial charge is 0.460 e. The summed E-state index contributed by atoms with van der Waals surface area (Å²) in [5.41, 5.74) is 2.43. The summed E-state index contributed by atoms with van der Waals surface area (Å²) in [7, 11) is -1.10. The lowest BCUT2D eigenvalue weighted by molar-refractivity contribution is -0.163. The van der Waals surface area contributed by atoms with E-state index in [-0.39, 0.29) is 19.6 Å². The van der Waals surface area contributed by atoms with Gasteiger partial charge < -0.3 is 9.47 Å². The molecule has 0 bridgehead atoms. The number of carbonyl (C=O) groups is 2. The van der Waals surface area contributed by atoms with Crippen molar-refractivity contribution in [3.05, 3.63) is 102 Å². The summed E-state index contributed by atoms with van der Waals surface area (Å²) in [6.45, 7) is 0.159. The fraction of sp³-hybridized carbons (Fsp3) is 0.200. The van der Waals surface area contributed by atoms with Crippen molar-refractivity contribution in [1.82, 2.24) is 0 Å². The number of ether oxygens (including phenoxy) is 2. The SMILES string of the molecule is CS(=O)c1ccc(CC(C(=O)OCc2ccccc2)C(=O)OCc2ccccc2)cc1. The van der Waals surface area contributed by atoms with Crippen LogP contribution in [0.15, 0.2) is 89.8 Å². The van der Waals surface area contributed by atoms with E-state index in [2.05, 4.69) is 0 Å². The van der Waals surface area contributed by atoms with E-state index in [9.17, 15) is 13.8 Å². The van der Waals surface area contributed by atoms with E-state index in [0.29, 0.717) is 4.90 Å². The second kappa shape index (κ2) is 11.2. The first-order valence-electron chi connectivity index (χ1n) is 9.86. The lowest BCUT2D eigenvalue weighted by Crippen LogP contribution is -2.30. The van der Waals surface area contributed by atoms with E-state index < -0.39 is 28.7 Å². The first-order valence-corrected chi connectivity index (χ1v) is 11.4. The molecule has 0 saturated carbocycles. The summed E-state index contributed by atoms with van der Waals surface area (Å²) in [5.74, 6) is -2.36. The number of rotatable bonds is 9. The number of benzene rings is 3. The molecule has 0 N–H and O–H groups in total. The zero-order chi connectivity index (χ0) is 22.1. The maximum absolute atomic E-state index is 12.8. The van der Waals surface area contributed by atoms with Crippen molar-refractivity contribution in [1.29, 1.82) is 0 Å². The minimum absolute atomic E-state index is 0.0793. The topological polar surface area (TPSA) is 69.7 Å². The van der Waals surface area contributed by atoms with Crippen LogP contribution < -0.4 is 0 Å². The average Bonchev–Trinajstić information content (AvgIpc) is 2.81. The van der Waals surface area contributed by atoms with Crippen LogP contribution >= 0.6 is 0 Å². The summed E-state index contributed by atoms with van der Waals surface area (Å²) in [5, 5.41) is 0. The third-order valence-corrected chi connectivity index (χ3v) is 5.65. The molecular weight excluding hydrogens is 412 g/mol. The predicted octanol–water partition coefficient (Wildman–Crippen LogP) is 4.07. The standard InChI is InChI=1S/C25H24O5S/c1-31(28)22-14-12-19(13-15-22)16-23(24(26)29-17-20-8-4-2-5-9-20)25(27)30-18-21-10-6-3-7-11-21/h2-15,23H,16-18H2,1H3. The Morgan fingerprint density at radius 3 is 1.58 bits per heavy atom. The fourth-order valence-electron chi connectivity index (χ4n) is 2.97. The molecule has 0 aliphatic carbocycles. The zero-order valence-electron chi connectivity index (χ0n) is 17.2. The molecule has 0 aliphatic heterocycles. The lowest BCUT2D eigenvalue weighted by Gasteiger charge is -2.16. The molecule has 0 aliphatic rings. The minimum Gasteiger partial charge on any atom is -0.460 e. The van der Waals surface area contributed by atoms with Gasteiger partial charge in [-0.1, -0.05) is 72.8 Å². The normalized spacial score (nSPS) is 11.7. The molecule has 0 heterocycles. The van der Waals surface area contributed by atoms with Gasteiger partial charge in [0.05, 0.1) is 0 Å². The molecule has 0 amide bonds. The number of hydrogen-bond acceptors (Lipinski definition) is 5. The van der Waals surface area contributed by atoms with Gasteiger partial charge in [-0.25, -0.2) is 0 Å². The molecule has 160 valence electrons. The Labute approximate surface area is 184 Å². The van der Waals surface area contributed by atoms with Crippen LogP contribution in [0.3, 0.4) is 0 Å². The zero-order valence-corrected chi connectivity index (χ0v) is 18.0. The van der Waals surface area contributed by atoms with Crippen LogP contribution in [0, 0.1) is 5.92 Å². The monoisotopic (exact) mass is 436 g/mol. The Bertz CT molecular complexity index is 961. The molecule has 3 rings (SSSR count). The van der Waals surface area contributed by atoms with Gasteiger partial charge in [0, 0.05) is 22.0 Å². The number of carbonyl (C=O) groups excluding carboxylic acids is 2. The van der Waals surface area contributed by atoms with Gasteiger partial charge in [0.1, 0.15) is 13.2 Å². The molecule has 3 aromatic carbocycles. The Kier molecular flexibility index (Phi) is 8.12. The molecular formula is C25H24O5S. The highest BCUT2D eigenvalue weighted by atomic mass is 32.2. The summed E-state index contributed by atoms with van der Waals surface area (Å²) in [6.07, 6.45) is 1.73. The molecule has 1 unspecified atom stereocenters. The third kappa shape index (κ3) is 6.89. The minimum atomic E-state index is -1.10. The Balaban J connectivity index is 1.70. The highest BCUT2D eigenvalue weighted by molar-refractivity contribution is 7.84. The van der Waals surface area contributed by atoms with Gasteiger partial charge in [-0.2, -0.15) is 0 Å². The smallest absolute Gasteiger partial charge is 0.321 e. The van der Waals surface area contributed by atoms with E-state index in [1.54, 1.807) is 30.5 Å². The van der Waals surface area contributed by atoms with E-state index in [4.69, 9.17) is 9.47 Å². The van der Waals surface area contributed by atoms with Crippen LogP contribution in [0.5, 0.6) is 0 Å². The molecule has 0 spiro atoms. The molecule has 6 heteroatoms. The predicted molar refractivity (Wildman–Crippen MR) is 118 cm³/mol. The van der Waals surface area contributed by atoms with Gasteiger partial charge in [-0.3, -0.25) is 13.8 Å². The summed E-state index contributed by atoms with van der Waals surface area (Å²) >= 11 is 0. The van der Waals surface area contributed by atoms with Crippen molar-refractivity contribution in [2.45, 2.75) is 24.5 Å². The molecule has 0 saturated heterocycles. The van der Waals surface area contributed by atoms with Crippen molar-refractivity contribution < 1.29 is 23.3 Å². The van der Waals surface area contributed by atoms with Gasteiger partial charge >= 0.3 is 11.9 Å². The van der Waals surface area contributed by atoms with E-state index >= 15 is 0 Å². The maximum atomic E-state index is 12.8. The highest BCUT2D eigenvalue weighted by Crippen LogP contribution is 2.17. The molecule has 3 aromatic rings. The number of esters is 2. The van der Waals surface area contributed by atoms with Crippen LogP contribution in [-0.4, -0.2) is 22.4 Å². The average molecular weight is 437 g/mol. The summed E-state index contributed by atoms with van der Waals surface area (Å²) in [4.78, 5) is 26.2. The number of hydrogen-bond donors (Lipinski definition) is 0. The fourth-order valence-corrected chi connectivity index (χ4v) is 3.49. The van der Waals surface area contributed by atoms with Crippen LogP contribution in [0.25, 0.3) is 0 Å². The highest BCUT2D eigenvalue weighted by Gasteiger charge is 2.30. The van der Waals surface area contributed by atoms with Gasteiger partial charge in [-0.05, 0) is 35.2 Å². The molecule has 0 radical (unpaired) electrons. The van der Waals surface area contributed by atoms with Gasteiger partial charge in [0.15, 0.2) is 5.92 Å². The van der Waals surface area contributed by atoms with Crippen LogP contribution in [0.4, 0.5) is 0 Å². The van der Waals surface area contributed by atoms with Gasteiger partial charge in [-0.15, -0.1) is 0 Å². The second-order valence-corrected chi connectivity index (χ2v) is 8.42. The van der Waals surface area contributed by atoms with E-state index in [1.165, 1.54) is 0 Å². The van der Waals surface area contributed by atoms with Crippen molar-refractivity contribution in [2.24, 2.45) is 5.92 Å².